The van der Waals surface area contributed by atoms with Crippen molar-refractivity contribution < 1.29 is 13.2 Å². The number of nitrogens with zero attached hydrogens (tertiary/aromatic N) is 2. The average Bonchev–Trinajstić information content (AvgIpc) is 2.47. The van der Waals surface area contributed by atoms with Crippen molar-refractivity contribution in [3.05, 3.63) is 0 Å². The molecule has 2 N–H and O–H groups in total. The minimum Gasteiger partial charge on any atom is -0.379 e. The fourth-order valence-corrected chi connectivity index (χ4v) is 3.06. The summed E-state index contributed by atoms with van der Waals surface area (Å²) >= 11 is 0. The van der Waals surface area contributed by atoms with Crippen molar-refractivity contribution in [3.8, 4) is 0 Å². The third-order valence-electron chi connectivity index (χ3n) is 3.48. The third kappa shape index (κ3) is 8.08. The first-order chi connectivity index (χ1) is 10.1. The van der Waals surface area contributed by atoms with Crippen LogP contribution in [0.2, 0.25) is 0 Å². The van der Waals surface area contributed by atoms with Gasteiger partial charge in [-0.25, -0.2) is 4.72 Å². The van der Waals surface area contributed by atoms with Crippen molar-refractivity contribution in [1.29, 1.82) is 0 Å². The first-order valence-electron chi connectivity index (χ1n) is 7.78. The third-order valence-corrected chi connectivity index (χ3v) is 5.05. The van der Waals surface area contributed by atoms with Gasteiger partial charge < -0.3 is 10.1 Å². The smallest absolute Gasteiger partial charge is 0.279 e. The molecule has 0 aromatic heterocycles. The van der Waals surface area contributed by atoms with Gasteiger partial charge in [-0.05, 0) is 25.9 Å². The molecule has 0 aliphatic carbocycles. The lowest BCUT2D eigenvalue weighted by Crippen LogP contribution is -2.44. The Hall–Kier alpha value is -0.250. The molecule has 0 spiro atoms. The van der Waals surface area contributed by atoms with Gasteiger partial charge in [-0.2, -0.15) is 12.7 Å². The molecule has 1 aliphatic heterocycles. The van der Waals surface area contributed by atoms with Crippen molar-refractivity contribution in [2.24, 2.45) is 0 Å². The fourth-order valence-electron chi connectivity index (χ4n) is 2.12. The van der Waals surface area contributed by atoms with Gasteiger partial charge in [0.05, 0.1) is 13.2 Å². The van der Waals surface area contributed by atoms with Gasteiger partial charge in [0.25, 0.3) is 10.2 Å². The Morgan fingerprint density at radius 3 is 2.57 bits per heavy atom. The molecule has 1 aliphatic rings. The Kier molecular flexibility index (Phi) is 9.37. The van der Waals surface area contributed by atoms with Crippen LogP contribution in [0.4, 0.5) is 0 Å². The number of hydrogen-bond donors (Lipinski definition) is 2. The van der Waals surface area contributed by atoms with E-state index in [0.29, 0.717) is 13.1 Å². The van der Waals surface area contributed by atoms with E-state index in [2.05, 4.69) is 21.9 Å². The largest absolute Gasteiger partial charge is 0.379 e. The SMILES string of the molecule is CCCNCCCN(C)S(=O)(=O)NCCN1CCOCC1. The summed E-state index contributed by atoms with van der Waals surface area (Å²) in [6.45, 7) is 8.87. The highest BCUT2D eigenvalue weighted by molar-refractivity contribution is 7.87. The molecule has 8 heteroatoms. The molecule has 0 radical (unpaired) electrons. The molecule has 1 fully saturated rings. The van der Waals surface area contributed by atoms with Gasteiger partial charge in [-0.3, -0.25) is 4.90 Å². The molecule has 0 saturated carbocycles. The van der Waals surface area contributed by atoms with Crippen LogP contribution >= 0.6 is 0 Å². The molecule has 1 saturated heterocycles. The molecule has 0 atom stereocenters. The van der Waals surface area contributed by atoms with E-state index in [1.807, 2.05) is 0 Å². The Labute approximate surface area is 129 Å². The highest BCUT2D eigenvalue weighted by Gasteiger charge is 2.17. The summed E-state index contributed by atoms with van der Waals surface area (Å²) in [5.41, 5.74) is 0. The molecule has 21 heavy (non-hydrogen) atoms. The quantitative estimate of drug-likeness (QED) is 0.501. The maximum Gasteiger partial charge on any atom is 0.279 e. The van der Waals surface area contributed by atoms with Crippen LogP contribution in [-0.4, -0.2) is 83.7 Å². The van der Waals surface area contributed by atoms with Gasteiger partial charge >= 0.3 is 0 Å². The molecule has 0 unspecified atom stereocenters. The molecule has 0 bridgehead atoms. The minimum atomic E-state index is -3.36. The van der Waals surface area contributed by atoms with Gasteiger partial charge in [0.1, 0.15) is 0 Å². The zero-order valence-corrected chi connectivity index (χ0v) is 14.1. The first-order valence-corrected chi connectivity index (χ1v) is 9.22. The average molecular weight is 322 g/mol. The van der Waals surface area contributed by atoms with Crippen molar-refractivity contribution in [2.75, 3.05) is 66.1 Å². The summed E-state index contributed by atoms with van der Waals surface area (Å²) in [5.74, 6) is 0. The van der Waals surface area contributed by atoms with Crippen LogP contribution in [0.15, 0.2) is 0 Å². The monoisotopic (exact) mass is 322 g/mol. The highest BCUT2D eigenvalue weighted by atomic mass is 32.2. The molecule has 0 aromatic carbocycles. The topological polar surface area (TPSA) is 73.9 Å². The number of hydrogen-bond acceptors (Lipinski definition) is 5. The molecule has 1 rings (SSSR count). The second-order valence-corrected chi connectivity index (χ2v) is 7.14. The summed E-state index contributed by atoms with van der Waals surface area (Å²) in [4.78, 5) is 2.21. The number of ether oxygens (including phenoxy) is 1. The van der Waals surface area contributed by atoms with E-state index < -0.39 is 10.2 Å². The number of nitrogens with one attached hydrogen (secondary N) is 2. The van der Waals surface area contributed by atoms with Crippen LogP contribution in [0.1, 0.15) is 19.8 Å². The van der Waals surface area contributed by atoms with Crippen molar-refractivity contribution in [1.82, 2.24) is 19.2 Å². The summed E-state index contributed by atoms with van der Waals surface area (Å²) in [6, 6.07) is 0. The van der Waals surface area contributed by atoms with Gasteiger partial charge in [0.2, 0.25) is 0 Å². The lowest BCUT2D eigenvalue weighted by molar-refractivity contribution is 0.0390. The molecule has 0 amide bonds. The van der Waals surface area contributed by atoms with Crippen LogP contribution in [0.5, 0.6) is 0 Å². The molecule has 126 valence electrons. The van der Waals surface area contributed by atoms with Gasteiger partial charge in [-0.15, -0.1) is 0 Å². The fraction of sp³-hybridized carbons (Fsp3) is 1.00. The lowest BCUT2D eigenvalue weighted by atomic mass is 10.4. The first kappa shape index (κ1) is 18.8. The molecular formula is C13H30N4O3S. The van der Waals surface area contributed by atoms with Gasteiger partial charge in [0.15, 0.2) is 0 Å². The Morgan fingerprint density at radius 1 is 1.19 bits per heavy atom. The van der Waals surface area contributed by atoms with Gasteiger partial charge in [-0.1, -0.05) is 6.92 Å². The Balaban J connectivity index is 2.15. The number of rotatable bonds is 11. The van der Waals surface area contributed by atoms with E-state index in [9.17, 15) is 8.42 Å². The highest BCUT2D eigenvalue weighted by Crippen LogP contribution is 1.98. The van der Waals surface area contributed by atoms with E-state index in [-0.39, 0.29) is 0 Å². The summed E-state index contributed by atoms with van der Waals surface area (Å²) in [5, 5.41) is 3.27. The predicted molar refractivity (Wildman–Crippen MR) is 84.6 cm³/mol. The maximum atomic E-state index is 12.0. The van der Waals surface area contributed by atoms with E-state index in [1.165, 1.54) is 4.31 Å². The summed E-state index contributed by atoms with van der Waals surface area (Å²) < 4.78 is 33.4. The minimum absolute atomic E-state index is 0.445. The van der Waals surface area contributed by atoms with Crippen LogP contribution in [0.3, 0.4) is 0 Å². The second kappa shape index (κ2) is 10.5. The van der Waals surface area contributed by atoms with E-state index in [1.54, 1.807) is 7.05 Å². The Morgan fingerprint density at radius 2 is 1.90 bits per heavy atom. The molecule has 1 heterocycles. The molecule has 7 nitrogen and oxygen atoms in total. The van der Waals surface area contributed by atoms with E-state index in [4.69, 9.17) is 4.74 Å². The zero-order chi connectivity index (χ0) is 15.6. The Bertz CT molecular complexity index is 358. The van der Waals surface area contributed by atoms with Crippen molar-refractivity contribution >= 4 is 10.2 Å². The van der Waals surface area contributed by atoms with Crippen LogP contribution < -0.4 is 10.0 Å². The summed E-state index contributed by atoms with van der Waals surface area (Å²) in [6.07, 6.45) is 1.91. The van der Waals surface area contributed by atoms with E-state index in [0.717, 1.165) is 58.8 Å². The van der Waals surface area contributed by atoms with Crippen LogP contribution in [-0.2, 0) is 14.9 Å². The molecular weight excluding hydrogens is 292 g/mol. The van der Waals surface area contributed by atoms with Crippen LogP contribution in [0.25, 0.3) is 0 Å². The molecule has 0 aromatic rings. The summed E-state index contributed by atoms with van der Waals surface area (Å²) in [7, 11) is -1.73. The van der Waals surface area contributed by atoms with Crippen molar-refractivity contribution in [2.45, 2.75) is 19.8 Å². The van der Waals surface area contributed by atoms with Crippen LogP contribution in [0, 0.1) is 0 Å². The zero-order valence-electron chi connectivity index (χ0n) is 13.3. The van der Waals surface area contributed by atoms with Gasteiger partial charge in [0, 0.05) is 39.8 Å². The van der Waals surface area contributed by atoms with E-state index >= 15 is 0 Å². The lowest BCUT2D eigenvalue weighted by Gasteiger charge is -2.27. The normalized spacial score (nSPS) is 17.5. The van der Waals surface area contributed by atoms with Crippen molar-refractivity contribution in [3.63, 3.8) is 0 Å². The maximum absolute atomic E-state index is 12.0. The second-order valence-electron chi connectivity index (χ2n) is 5.28. The standard InChI is InChI=1S/C13H30N4O3S/c1-3-5-14-6-4-8-16(2)21(18,19)15-7-9-17-10-12-20-13-11-17/h14-15H,3-13H2,1-2H3. The number of morpholine rings is 1. The predicted octanol–water partition coefficient (Wildman–Crippen LogP) is -0.525.